The second-order valence-electron chi connectivity index (χ2n) is 11.4. The Hall–Kier alpha value is -2.12. The number of carbonyl (C=O) groups excluding carboxylic acids is 3. The van der Waals surface area contributed by atoms with Crippen molar-refractivity contribution in [1.82, 2.24) is 20.0 Å². The molecule has 7 nitrogen and oxygen atoms in total. The van der Waals surface area contributed by atoms with Crippen molar-refractivity contribution in [3.63, 3.8) is 0 Å². The number of rotatable bonds is 11. The number of likely N-dealkylation sites (tertiary alicyclic amines) is 1. The molecule has 1 aliphatic carbocycles. The van der Waals surface area contributed by atoms with Crippen molar-refractivity contribution in [2.24, 2.45) is 5.92 Å². The lowest BCUT2D eigenvalue weighted by Gasteiger charge is -2.39. The quantitative estimate of drug-likeness (QED) is 0.465. The van der Waals surface area contributed by atoms with E-state index in [-0.39, 0.29) is 29.8 Å². The first-order valence-corrected chi connectivity index (χ1v) is 14.3. The van der Waals surface area contributed by atoms with Crippen LogP contribution >= 0.6 is 11.6 Å². The lowest BCUT2D eigenvalue weighted by atomic mass is 9.92. The van der Waals surface area contributed by atoms with Crippen LogP contribution < -0.4 is 5.32 Å². The summed E-state index contributed by atoms with van der Waals surface area (Å²) < 4.78 is 0. The average Bonchev–Trinajstić information content (AvgIpc) is 3.33. The van der Waals surface area contributed by atoms with E-state index in [9.17, 15) is 14.4 Å². The van der Waals surface area contributed by atoms with Crippen LogP contribution in [0.4, 0.5) is 0 Å². The molecule has 37 heavy (non-hydrogen) atoms. The first kappa shape index (κ1) is 29.4. The summed E-state index contributed by atoms with van der Waals surface area (Å²) in [7, 11) is 3.85. The normalized spacial score (nSPS) is 19.3. The first-order valence-electron chi connectivity index (χ1n) is 13.9. The Morgan fingerprint density at radius 3 is 2.32 bits per heavy atom. The van der Waals surface area contributed by atoms with Gasteiger partial charge in [-0.25, -0.2) is 0 Å². The Balaban J connectivity index is 1.73. The summed E-state index contributed by atoms with van der Waals surface area (Å²) in [5.74, 6) is 0.318. The molecule has 1 saturated carbocycles. The van der Waals surface area contributed by atoms with Gasteiger partial charge in [0.1, 0.15) is 6.04 Å². The SMILES string of the molecule is CC(C)CC(=O)N(C1CCCCC1)[C@H]1CCN(C(=O)[C@@H](Cc2ccc(Cl)cc2)NC(=O)CCN(C)C)C1. The number of amides is 3. The van der Waals surface area contributed by atoms with Gasteiger partial charge in [-0.3, -0.25) is 14.4 Å². The maximum atomic E-state index is 13.8. The highest BCUT2D eigenvalue weighted by atomic mass is 35.5. The Bertz CT molecular complexity index is 899. The monoisotopic (exact) mass is 532 g/mol. The Labute approximate surface area is 227 Å². The average molecular weight is 533 g/mol. The zero-order valence-corrected chi connectivity index (χ0v) is 23.8. The molecule has 0 unspecified atom stereocenters. The molecule has 0 spiro atoms. The molecule has 1 aliphatic heterocycles. The van der Waals surface area contributed by atoms with Gasteiger partial charge >= 0.3 is 0 Å². The number of nitrogens with one attached hydrogen (secondary N) is 1. The molecule has 1 aromatic rings. The minimum absolute atomic E-state index is 0.0407. The molecule has 0 aromatic heterocycles. The van der Waals surface area contributed by atoms with Crippen molar-refractivity contribution in [3.05, 3.63) is 34.9 Å². The van der Waals surface area contributed by atoms with E-state index in [0.717, 1.165) is 37.7 Å². The van der Waals surface area contributed by atoms with Gasteiger partial charge in [-0.05, 0) is 57.0 Å². The van der Waals surface area contributed by atoms with E-state index in [4.69, 9.17) is 11.6 Å². The van der Waals surface area contributed by atoms with Gasteiger partial charge in [-0.2, -0.15) is 0 Å². The number of nitrogens with zero attached hydrogens (tertiary/aromatic N) is 3. The molecule has 1 heterocycles. The molecule has 3 rings (SSSR count). The molecule has 1 saturated heterocycles. The largest absolute Gasteiger partial charge is 0.344 e. The van der Waals surface area contributed by atoms with E-state index in [2.05, 4.69) is 24.1 Å². The zero-order chi connectivity index (χ0) is 26.9. The van der Waals surface area contributed by atoms with Crippen molar-refractivity contribution < 1.29 is 14.4 Å². The van der Waals surface area contributed by atoms with Crippen LogP contribution in [0, 0.1) is 5.92 Å². The summed E-state index contributed by atoms with van der Waals surface area (Å²) in [4.78, 5) is 45.8. The molecule has 2 atom stereocenters. The third-order valence-electron chi connectivity index (χ3n) is 7.48. The van der Waals surface area contributed by atoms with E-state index in [1.165, 1.54) is 6.42 Å². The van der Waals surface area contributed by atoms with E-state index in [1.54, 1.807) is 12.1 Å². The van der Waals surface area contributed by atoms with Crippen LogP contribution in [0.1, 0.15) is 70.8 Å². The van der Waals surface area contributed by atoms with Gasteiger partial charge in [-0.1, -0.05) is 56.8 Å². The zero-order valence-electron chi connectivity index (χ0n) is 23.0. The first-order chi connectivity index (χ1) is 17.6. The third-order valence-corrected chi connectivity index (χ3v) is 7.73. The highest BCUT2D eigenvalue weighted by molar-refractivity contribution is 6.30. The van der Waals surface area contributed by atoms with Crippen molar-refractivity contribution in [3.8, 4) is 0 Å². The van der Waals surface area contributed by atoms with Crippen molar-refractivity contribution >= 4 is 29.3 Å². The highest BCUT2D eigenvalue weighted by Gasteiger charge is 2.38. The molecule has 206 valence electrons. The molecule has 2 fully saturated rings. The number of carbonyl (C=O) groups is 3. The summed E-state index contributed by atoms with van der Waals surface area (Å²) in [6.45, 7) is 5.92. The molecule has 8 heteroatoms. The minimum atomic E-state index is -0.649. The number of hydrogen-bond donors (Lipinski definition) is 1. The lowest BCUT2D eigenvalue weighted by Crippen LogP contribution is -2.52. The fourth-order valence-corrected chi connectivity index (χ4v) is 5.68. The Kier molecular flexibility index (Phi) is 11.3. The topological polar surface area (TPSA) is 73.0 Å². The fourth-order valence-electron chi connectivity index (χ4n) is 5.56. The van der Waals surface area contributed by atoms with Crippen LogP contribution in [-0.4, -0.2) is 84.3 Å². The second kappa shape index (κ2) is 14.1. The maximum Gasteiger partial charge on any atom is 0.245 e. The van der Waals surface area contributed by atoms with Crippen LogP contribution in [0.5, 0.6) is 0 Å². The minimum Gasteiger partial charge on any atom is -0.344 e. The predicted octanol–water partition coefficient (Wildman–Crippen LogP) is 4.13. The highest BCUT2D eigenvalue weighted by Crippen LogP contribution is 2.29. The van der Waals surface area contributed by atoms with E-state index in [0.29, 0.717) is 49.8 Å². The summed E-state index contributed by atoms with van der Waals surface area (Å²) in [5, 5.41) is 3.64. The van der Waals surface area contributed by atoms with E-state index in [1.807, 2.05) is 36.0 Å². The van der Waals surface area contributed by atoms with Crippen molar-refractivity contribution in [2.45, 2.75) is 89.8 Å². The van der Waals surface area contributed by atoms with Gasteiger partial charge in [0, 0.05) is 50.0 Å². The van der Waals surface area contributed by atoms with Crippen LogP contribution in [0.3, 0.4) is 0 Å². The molecular weight excluding hydrogens is 488 g/mol. The molecule has 1 aromatic carbocycles. The van der Waals surface area contributed by atoms with E-state index < -0.39 is 6.04 Å². The summed E-state index contributed by atoms with van der Waals surface area (Å²) in [6.07, 6.45) is 7.73. The van der Waals surface area contributed by atoms with Gasteiger partial charge in [-0.15, -0.1) is 0 Å². The molecular formula is C29H45ClN4O3. The molecule has 2 aliphatic rings. The van der Waals surface area contributed by atoms with Crippen molar-refractivity contribution in [2.75, 3.05) is 33.7 Å². The molecule has 0 bridgehead atoms. The van der Waals surface area contributed by atoms with Crippen molar-refractivity contribution in [1.29, 1.82) is 0 Å². The number of benzene rings is 1. The Morgan fingerprint density at radius 2 is 1.70 bits per heavy atom. The summed E-state index contributed by atoms with van der Waals surface area (Å²) in [5.41, 5.74) is 0.947. The van der Waals surface area contributed by atoms with E-state index >= 15 is 0 Å². The Morgan fingerprint density at radius 1 is 1.03 bits per heavy atom. The van der Waals surface area contributed by atoms with Crippen LogP contribution in [0.15, 0.2) is 24.3 Å². The van der Waals surface area contributed by atoms with Crippen LogP contribution in [0.2, 0.25) is 5.02 Å². The molecule has 3 amide bonds. The molecule has 1 N–H and O–H groups in total. The van der Waals surface area contributed by atoms with Gasteiger partial charge in [0.05, 0.1) is 6.04 Å². The van der Waals surface area contributed by atoms with Gasteiger partial charge in [0.15, 0.2) is 0 Å². The lowest BCUT2D eigenvalue weighted by molar-refractivity contribution is -0.139. The second-order valence-corrected chi connectivity index (χ2v) is 11.9. The van der Waals surface area contributed by atoms with Crippen LogP contribution in [-0.2, 0) is 20.8 Å². The summed E-state index contributed by atoms with van der Waals surface area (Å²) >= 11 is 6.05. The van der Waals surface area contributed by atoms with Gasteiger partial charge in [0.2, 0.25) is 17.7 Å². The predicted molar refractivity (Wildman–Crippen MR) is 148 cm³/mol. The van der Waals surface area contributed by atoms with Crippen LogP contribution in [0.25, 0.3) is 0 Å². The smallest absolute Gasteiger partial charge is 0.245 e. The van der Waals surface area contributed by atoms with Gasteiger partial charge in [0.25, 0.3) is 0 Å². The van der Waals surface area contributed by atoms with Gasteiger partial charge < -0.3 is 20.0 Å². The maximum absolute atomic E-state index is 13.8. The number of halogens is 1. The third kappa shape index (κ3) is 8.99. The molecule has 0 radical (unpaired) electrons. The summed E-state index contributed by atoms with van der Waals surface area (Å²) in [6, 6.07) is 7.08. The number of hydrogen-bond acceptors (Lipinski definition) is 4. The standard InChI is InChI=1S/C29H45ClN4O3/c1-21(2)18-28(36)34(24-8-6-5-7-9-24)25-14-17-33(20-25)29(37)26(31-27(35)15-16-32(3)4)19-22-10-12-23(30)13-11-22/h10-13,21,24-26H,5-9,14-20H2,1-4H3,(H,31,35)/t25-,26+/m0/s1. The fraction of sp³-hybridized carbons (Fsp3) is 0.690.